The molecule has 0 amide bonds. The molecule has 110 valence electrons. The number of hydrogen-bond donors (Lipinski definition) is 1. The summed E-state index contributed by atoms with van der Waals surface area (Å²) in [7, 11) is 0. The third-order valence-corrected chi connectivity index (χ3v) is 4.84. The highest BCUT2D eigenvalue weighted by molar-refractivity contribution is 5.18. The second-order valence-electron chi connectivity index (χ2n) is 6.02. The first kappa shape index (κ1) is 14.1. The summed E-state index contributed by atoms with van der Waals surface area (Å²) < 4.78 is 5.47. The molecule has 3 heteroatoms. The van der Waals surface area contributed by atoms with Crippen LogP contribution in [0.25, 0.3) is 0 Å². The number of aliphatic hydroxyl groups excluding tert-OH is 1. The second kappa shape index (κ2) is 6.70. The smallest absolute Gasteiger partial charge is 0.0833 e. The molecule has 0 bridgehead atoms. The Kier molecular flexibility index (Phi) is 4.71. The van der Waals surface area contributed by atoms with Gasteiger partial charge in [0.15, 0.2) is 0 Å². The van der Waals surface area contributed by atoms with Crippen LogP contribution >= 0.6 is 0 Å². The molecule has 2 fully saturated rings. The van der Waals surface area contributed by atoms with Gasteiger partial charge in [-0.25, -0.2) is 0 Å². The van der Waals surface area contributed by atoms with Crippen LogP contribution in [0.15, 0.2) is 30.3 Å². The van der Waals surface area contributed by atoms with Gasteiger partial charge in [0, 0.05) is 25.0 Å². The van der Waals surface area contributed by atoms with E-state index >= 15 is 0 Å². The lowest BCUT2D eigenvalue weighted by molar-refractivity contribution is -0.0372. The van der Waals surface area contributed by atoms with Crippen molar-refractivity contribution >= 4 is 0 Å². The third kappa shape index (κ3) is 3.05. The molecule has 0 aromatic heterocycles. The van der Waals surface area contributed by atoms with Crippen molar-refractivity contribution in [2.45, 2.75) is 37.8 Å². The highest BCUT2D eigenvalue weighted by Crippen LogP contribution is 2.37. The van der Waals surface area contributed by atoms with Crippen LogP contribution in [0.4, 0.5) is 0 Å². The molecule has 2 aliphatic rings. The van der Waals surface area contributed by atoms with E-state index in [0.29, 0.717) is 12.0 Å². The van der Waals surface area contributed by atoms with Gasteiger partial charge in [-0.2, -0.15) is 0 Å². The number of nitrogens with zero attached hydrogens (tertiary/aromatic N) is 1. The van der Waals surface area contributed by atoms with Crippen LogP contribution in [0, 0.1) is 5.92 Å². The molecule has 3 nitrogen and oxygen atoms in total. The van der Waals surface area contributed by atoms with Crippen molar-refractivity contribution in [3.8, 4) is 0 Å². The fourth-order valence-corrected chi connectivity index (χ4v) is 3.77. The summed E-state index contributed by atoms with van der Waals surface area (Å²) in [5.74, 6) is 0.365. The molecule has 1 aromatic rings. The van der Waals surface area contributed by atoms with Gasteiger partial charge in [0.25, 0.3) is 0 Å². The zero-order valence-electron chi connectivity index (χ0n) is 12.1. The van der Waals surface area contributed by atoms with E-state index in [2.05, 4.69) is 17.0 Å². The molecule has 1 aromatic carbocycles. The Balaban J connectivity index is 1.74. The van der Waals surface area contributed by atoms with Crippen molar-refractivity contribution in [2.24, 2.45) is 5.92 Å². The first-order valence-electron chi connectivity index (χ1n) is 7.91. The predicted molar refractivity (Wildman–Crippen MR) is 79.5 cm³/mol. The molecule has 3 rings (SSSR count). The topological polar surface area (TPSA) is 32.7 Å². The fraction of sp³-hybridized carbons (Fsp3) is 0.647. The van der Waals surface area contributed by atoms with Gasteiger partial charge in [0.1, 0.15) is 0 Å². The van der Waals surface area contributed by atoms with Gasteiger partial charge < -0.3 is 9.84 Å². The molecule has 1 saturated heterocycles. The summed E-state index contributed by atoms with van der Waals surface area (Å²) in [5.41, 5.74) is 1.07. The maximum absolute atomic E-state index is 10.8. The van der Waals surface area contributed by atoms with Crippen LogP contribution in [0.1, 0.15) is 37.4 Å². The summed E-state index contributed by atoms with van der Waals surface area (Å²) in [6.07, 6.45) is 4.56. The van der Waals surface area contributed by atoms with Crippen molar-refractivity contribution in [3.05, 3.63) is 35.9 Å². The number of benzene rings is 1. The monoisotopic (exact) mass is 275 g/mol. The lowest BCUT2D eigenvalue weighted by atomic mass is 9.78. The van der Waals surface area contributed by atoms with Crippen LogP contribution in [0.2, 0.25) is 0 Å². The Bertz CT molecular complexity index is 403. The molecular formula is C17H25NO2. The molecule has 1 N–H and O–H groups in total. The van der Waals surface area contributed by atoms with Crippen molar-refractivity contribution in [3.63, 3.8) is 0 Å². The minimum Gasteiger partial charge on any atom is -0.388 e. The second-order valence-corrected chi connectivity index (χ2v) is 6.02. The standard InChI is InChI=1S/C17H25NO2/c19-17(14-6-2-1-3-7-14)15-8-4-5-9-16(15)18-10-12-20-13-11-18/h1-3,6-7,15-17,19H,4-5,8-13H2/t15-,16-,17+/m0/s1. The Morgan fingerprint density at radius 3 is 2.50 bits per heavy atom. The summed E-state index contributed by atoms with van der Waals surface area (Å²) in [4.78, 5) is 2.54. The van der Waals surface area contributed by atoms with Gasteiger partial charge in [-0.05, 0) is 18.4 Å². The first-order valence-corrected chi connectivity index (χ1v) is 7.91. The van der Waals surface area contributed by atoms with Crippen molar-refractivity contribution < 1.29 is 9.84 Å². The average Bonchev–Trinajstić information content (AvgIpc) is 2.56. The van der Waals surface area contributed by atoms with Gasteiger partial charge in [0.05, 0.1) is 19.3 Å². The Morgan fingerprint density at radius 1 is 1.05 bits per heavy atom. The van der Waals surface area contributed by atoms with Gasteiger partial charge in [0.2, 0.25) is 0 Å². The summed E-state index contributed by atoms with van der Waals surface area (Å²) >= 11 is 0. The quantitative estimate of drug-likeness (QED) is 0.920. The van der Waals surface area contributed by atoms with Crippen molar-refractivity contribution in [2.75, 3.05) is 26.3 Å². The molecule has 1 aliphatic heterocycles. The molecular weight excluding hydrogens is 250 g/mol. The highest BCUT2D eigenvalue weighted by atomic mass is 16.5. The molecule has 0 spiro atoms. The number of morpholine rings is 1. The summed E-state index contributed by atoms with van der Waals surface area (Å²) in [6, 6.07) is 10.7. The van der Waals surface area contributed by atoms with Crippen LogP contribution < -0.4 is 0 Å². The van der Waals surface area contributed by atoms with Crippen molar-refractivity contribution in [1.29, 1.82) is 0 Å². The Hall–Kier alpha value is -0.900. The van der Waals surface area contributed by atoms with Gasteiger partial charge in [-0.1, -0.05) is 43.2 Å². The highest BCUT2D eigenvalue weighted by Gasteiger charge is 2.35. The number of hydrogen-bond acceptors (Lipinski definition) is 3. The number of aliphatic hydroxyl groups is 1. The van der Waals surface area contributed by atoms with E-state index in [-0.39, 0.29) is 6.10 Å². The SMILES string of the molecule is O[C@H](c1ccccc1)[C@H]1CCCC[C@@H]1N1CCOCC1. The minimum absolute atomic E-state index is 0.329. The molecule has 1 aliphatic carbocycles. The summed E-state index contributed by atoms with van der Waals surface area (Å²) in [5, 5.41) is 10.8. The third-order valence-electron chi connectivity index (χ3n) is 4.84. The van der Waals surface area contributed by atoms with E-state index in [1.807, 2.05) is 18.2 Å². The zero-order chi connectivity index (χ0) is 13.8. The van der Waals surface area contributed by atoms with Gasteiger partial charge in [-0.15, -0.1) is 0 Å². The largest absolute Gasteiger partial charge is 0.388 e. The molecule has 0 unspecified atom stereocenters. The summed E-state index contributed by atoms with van der Waals surface area (Å²) in [6.45, 7) is 3.71. The average molecular weight is 275 g/mol. The predicted octanol–water partition coefficient (Wildman–Crippen LogP) is 2.61. The number of rotatable bonds is 3. The van der Waals surface area contributed by atoms with E-state index in [4.69, 9.17) is 4.74 Å². The van der Waals surface area contributed by atoms with E-state index in [9.17, 15) is 5.11 Å². The van der Waals surface area contributed by atoms with E-state index in [1.165, 1.54) is 19.3 Å². The maximum atomic E-state index is 10.8. The number of ether oxygens (including phenoxy) is 1. The first-order chi connectivity index (χ1) is 9.86. The van der Waals surface area contributed by atoms with Crippen LogP contribution in [-0.2, 0) is 4.74 Å². The normalized spacial score (nSPS) is 30.1. The van der Waals surface area contributed by atoms with Crippen LogP contribution in [-0.4, -0.2) is 42.4 Å². The minimum atomic E-state index is -0.329. The Morgan fingerprint density at radius 2 is 1.75 bits per heavy atom. The molecule has 1 saturated carbocycles. The van der Waals surface area contributed by atoms with Gasteiger partial charge >= 0.3 is 0 Å². The lowest BCUT2D eigenvalue weighted by Gasteiger charge is -2.43. The molecule has 1 heterocycles. The lowest BCUT2D eigenvalue weighted by Crippen LogP contribution is -2.49. The van der Waals surface area contributed by atoms with E-state index < -0.39 is 0 Å². The Labute approximate surface area is 121 Å². The van der Waals surface area contributed by atoms with Gasteiger partial charge in [-0.3, -0.25) is 4.90 Å². The zero-order valence-corrected chi connectivity index (χ0v) is 12.1. The molecule has 20 heavy (non-hydrogen) atoms. The maximum Gasteiger partial charge on any atom is 0.0833 e. The van der Waals surface area contributed by atoms with E-state index in [0.717, 1.165) is 38.3 Å². The molecule has 0 radical (unpaired) electrons. The molecule has 3 atom stereocenters. The fourth-order valence-electron chi connectivity index (χ4n) is 3.77. The van der Waals surface area contributed by atoms with Crippen LogP contribution in [0.5, 0.6) is 0 Å². The van der Waals surface area contributed by atoms with Crippen LogP contribution in [0.3, 0.4) is 0 Å². The van der Waals surface area contributed by atoms with Crippen molar-refractivity contribution in [1.82, 2.24) is 4.90 Å². The van der Waals surface area contributed by atoms with E-state index in [1.54, 1.807) is 0 Å².